The number of esters is 4. The van der Waals surface area contributed by atoms with Crippen LogP contribution in [-0.4, -0.2) is 119 Å². The minimum absolute atomic E-state index is 0.00908. The van der Waals surface area contributed by atoms with Crippen LogP contribution in [0.1, 0.15) is 108 Å². The Kier molecular flexibility index (Phi) is 19.3. The number of carbonyl (C=O) groups is 9. The van der Waals surface area contributed by atoms with E-state index in [0.29, 0.717) is 10.6 Å². The summed E-state index contributed by atoms with van der Waals surface area (Å²) in [4.78, 5) is 119. The highest BCUT2D eigenvalue weighted by Crippen LogP contribution is 2.25. The van der Waals surface area contributed by atoms with Crippen LogP contribution < -0.4 is 21.4 Å². The summed E-state index contributed by atoms with van der Waals surface area (Å²) in [6, 6.07) is 3.95. The van der Waals surface area contributed by atoms with Gasteiger partial charge in [0.05, 0.1) is 13.0 Å². The fraction of sp³-hybridized carbons (Fsp3) is 0.643. The van der Waals surface area contributed by atoms with Gasteiger partial charge in [0.25, 0.3) is 11.8 Å². The summed E-state index contributed by atoms with van der Waals surface area (Å²) in [7, 11) is 0. The molecular formula is C42H63N5O15. The molecule has 1 aromatic rings. The second-order valence-electron chi connectivity index (χ2n) is 17.7. The van der Waals surface area contributed by atoms with Gasteiger partial charge in [0.15, 0.2) is 12.2 Å². The number of amides is 5. The zero-order chi connectivity index (χ0) is 47.2. The van der Waals surface area contributed by atoms with Crippen molar-refractivity contribution in [3.8, 4) is 0 Å². The zero-order valence-corrected chi connectivity index (χ0v) is 37.7. The van der Waals surface area contributed by atoms with Crippen LogP contribution in [0, 0.1) is 5.92 Å². The number of carbonyl (C=O) groups excluding carboxylic acids is 9. The Balaban J connectivity index is 2.41. The van der Waals surface area contributed by atoms with Gasteiger partial charge < -0.3 is 44.4 Å². The van der Waals surface area contributed by atoms with Gasteiger partial charge in [0, 0.05) is 6.42 Å². The number of hydrogen-bond donors (Lipinski definition) is 4. The fourth-order valence-electron chi connectivity index (χ4n) is 5.39. The van der Waals surface area contributed by atoms with E-state index >= 15 is 0 Å². The molecule has 62 heavy (non-hydrogen) atoms. The lowest BCUT2D eigenvalue weighted by Crippen LogP contribution is -2.61. The van der Waals surface area contributed by atoms with Crippen molar-refractivity contribution >= 4 is 53.6 Å². The average Bonchev–Trinajstić information content (AvgIpc) is 3.93. The molecule has 0 unspecified atom stereocenters. The molecule has 1 heterocycles. The van der Waals surface area contributed by atoms with Crippen molar-refractivity contribution in [2.45, 2.75) is 156 Å². The van der Waals surface area contributed by atoms with Crippen molar-refractivity contribution in [3.05, 3.63) is 35.9 Å². The maximum absolute atomic E-state index is 14.1. The molecule has 346 valence electrons. The molecule has 0 bridgehead atoms. The Labute approximate surface area is 362 Å². The molecule has 0 radical (unpaired) electrons. The average molecular weight is 878 g/mol. The lowest BCUT2D eigenvalue weighted by molar-refractivity contribution is -0.162. The number of ether oxygens (including phenoxy) is 6. The molecule has 4 N–H and O–H groups in total. The van der Waals surface area contributed by atoms with Crippen molar-refractivity contribution < 1.29 is 71.6 Å². The van der Waals surface area contributed by atoms with E-state index in [0.717, 1.165) is 0 Å². The number of epoxide rings is 1. The fourth-order valence-corrected chi connectivity index (χ4v) is 5.39. The number of hydrazine groups is 1. The van der Waals surface area contributed by atoms with Crippen LogP contribution in [0.5, 0.6) is 0 Å². The van der Waals surface area contributed by atoms with Gasteiger partial charge in [0.2, 0.25) is 11.8 Å². The van der Waals surface area contributed by atoms with Crippen molar-refractivity contribution in [2.75, 3.05) is 13.2 Å². The van der Waals surface area contributed by atoms with Crippen LogP contribution in [-0.2, 0) is 73.4 Å². The monoisotopic (exact) mass is 877 g/mol. The van der Waals surface area contributed by atoms with Crippen molar-refractivity contribution in [3.63, 3.8) is 0 Å². The van der Waals surface area contributed by atoms with E-state index in [1.54, 1.807) is 113 Å². The zero-order valence-electron chi connectivity index (χ0n) is 37.7. The smallest absolute Gasteiger partial charge is 0.408 e. The summed E-state index contributed by atoms with van der Waals surface area (Å²) < 4.78 is 31.5. The molecule has 20 heteroatoms. The standard InChI is InChI=1S/C42H63N5O15/c1-13-57-38(55)33-32(59-33)37(54)47(22-30(50)62-42(10,11)12)46-36(53)31(24(2)3)45-34(51)26(19-20-28(48)60-40(4,5)6)43-35(52)27(21-29(49)61-41(7,8)9)44-39(56)58-23-25-17-15-14-16-18-25/h14-18,24,26-27,31-33H,13,19-23H2,1-12H3,(H,43,52)(H,44,56)(H,45,51)(H,46,53)/t26-,27-,31-,32-,33-/m0/s1. The minimum Gasteiger partial charge on any atom is -0.464 e. The quantitative estimate of drug-likeness (QED) is 0.0673. The molecule has 1 saturated heterocycles. The van der Waals surface area contributed by atoms with E-state index in [1.165, 1.54) is 0 Å². The summed E-state index contributed by atoms with van der Waals surface area (Å²) in [5, 5.41) is 7.94. The summed E-state index contributed by atoms with van der Waals surface area (Å²) >= 11 is 0. The number of hydrogen-bond acceptors (Lipinski definition) is 15. The third kappa shape index (κ3) is 19.7. The third-order valence-corrected chi connectivity index (χ3v) is 8.02. The van der Waals surface area contributed by atoms with E-state index in [1.807, 2.05) is 0 Å². The largest absolute Gasteiger partial charge is 0.464 e. The summed E-state index contributed by atoms with van der Waals surface area (Å²) in [6.45, 7) is 18.2. The predicted molar refractivity (Wildman–Crippen MR) is 219 cm³/mol. The molecule has 0 saturated carbocycles. The van der Waals surface area contributed by atoms with E-state index in [-0.39, 0.29) is 19.6 Å². The second kappa shape index (κ2) is 22.9. The van der Waals surface area contributed by atoms with Gasteiger partial charge in [-0.15, -0.1) is 0 Å². The first-order valence-electron chi connectivity index (χ1n) is 20.3. The third-order valence-electron chi connectivity index (χ3n) is 8.02. The van der Waals surface area contributed by atoms with Gasteiger partial charge in [-0.25, -0.2) is 14.6 Å². The van der Waals surface area contributed by atoms with Crippen LogP contribution >= 0.6 is 0 Å². The molecule has 0 aromatic heterocycles. The van der Waals surface area contributed by atoms with Crippen LogP contribution in [0.4, 0.5) is 4.79 Å². The van der Waals surface area contributed by atoms with Crippen LogP contribution in [0.2, 0.25) is 0 Å². The van der Waals surface area contributed by atoms with Crippen LogP contribution in [0.3, 0.4) is 0 Å². The Morgan fingerprint density at radius 1 is 0.677 bits per heavy atom. The van der Waals surface area contributed by atoms with Gasteiger partial charge in [-0.3, -0.25) is 39.0 Å². The summed E-state index contributed by atoms with van der Waals surface area (Å²) in [5.74, 6) is -8.07. The second-order valence-corrected chi connectivity index (χ2v) is 17.7. The minimum atomic E-state index is -1.65. The van der Waals surface area contributed by atoms with Crippen molar-refractivity contribution in [1.82, 2.24) is 26.4 Å². The Bertz CT molecular complexity index is 1770. The lowest BCUT2D eigenvalue weighted by Gasteiger charge is -2.30. The highest BCUT2D eigenvalue weighted by molar-refractivity contribution is 5.98. The first kappa shape index (κ1) is 52.3. The molecule has 0 spiro atoms. The molecule has 5 amide bonds. The van der Waals surface area contributed by atoms with Gasteiger partial charge in [0.1, 0.15) is 48.1 Å². The summed E-state index contributed by atoms with van der Waals surface area (Å²) in [6.07, 6.45) is -5.22. The van der Waals surface area contributed by atoms with Crippen molar-refractivity contribution in [1.29, 1.82) is 0 Å². The summed E-state index contributed by atoms with van der Waals surface area (Å²) in [5.41, 5.74) is 0.117. The van der Waals surface area contributed by atoms with E-state index in [4.69, 9.17) is 28.4 Å². The molecule has 0 aliphatic carbocycles. The number of rotatable bonds is 19. The molecule has 20 nitrogen and oxygen atoms in total. The van der Waals surface area contributed by atoms with Gasteiger partial charge >= 0.3 is 30.0 Å². The number of nitrogens with one attached hydrogen (secondary N) is 4. The molecular weight excluding hydrogens is 814 g/mol. The molecule has 5 atom stereocenters. The van der Waals surface area contributed by atoms with E-state index < -0.39 is 126 Å². The van der Waals surface area contributed by atoms with Gasteiger partial charge in [-0.05, 0) is 87.1 Å². The Hall–Kier alpha value is -5.79. The molecule has 1 aliphatic rings. The predicted octanol–water partition coefficient (Wildman–Crippen LogP) is 2.29. The van der Waals surface area contributed by atoms with Crippen LogP contribution in [0.15, 0.2) is 30.3 Å². The number of nitrogens with zero attached hydrogens (tertiary/aromatic N) is 1. The normalized spacial score (nSPS) is 16.3. The molecule has 1 aromatic carbocycles. The van der Waals surface area contributed by atoms with E-state index in [2.05, 4.69) is 21.4 Å². The van der Waals surface area contributed by atoms with Crippen molar-refractivity contribution in [2.24, 2.45) is 5.92 Å². The highest BCUT2D eigenvalue weighted by atomic mass is 16.6. The Morgan fingerprint density at radius 3 is 1.77 bits per heavy atom. The molecule has 1 fully saturated rings. The maximum Gasteiger partial charge on any atom is 0.408 e. The highest BCUT2D eigenvalue weighted by Gasteiger charge is 2.54. The first-order chi connectivity index (χ1) is 28.6. The number of benzene rings is 1. The van der Waals surface area contributed by atoms with Gasteiger partial charge in [-0.1, -0.05) is 44.2 Å². The molecule has 1 aliphatic heterocycles. The topological polar surface area (TPSA) is 264 Å². The molecule has 2 rings (SSSR count). The SMILES string of the molecule is CCOC(=O)[C@H]1O[C@@H]1C(=O)N(CC(=O)OC(C)(C)C)NC(=O)[C@@H](NC(=O)[C@H](CCC(=O)OC(C)(C)C)NC(=O)[C@H](CC(=O)OC(C)(C)C)NC(=O)OCc1ccccc1)C(C)C. The number of alkyl carbamates (subject to hydrolysis) is 1. The Morgan fingerprint density at radius 2 is 1.23 bits per heavy atom. The maximum atomic E-state index is 14.1. The van der Waals surface area contributed by atoms with E-state index in [9.17, 15) is 43.2 Å². The first-order valence-corrected chi connectivity index (χ1v) is 20.3. The van der Waals surface area contributed by atoms with Gasteiger partial charge in [-0.2, -0.15) is 0 Å². The van der Waals surface area contributed by atoms with Crippen LogP contribution in [0.25, 0.3) is 0 Å². The lowest BCUT2D eigenvalue weighted by atomic mass is 10.0.